The fourth-order valence-corrected chi connectivity index (χ4v) is 2.02. The Labute approximate surface area is 116 Å². The molecule has 0 aliphatic rings. The summed E-state index contributed by atoms with van der Waals surface area (Å²) in [5.74, 6) is 0.289. The predicted molar refractivity (Wildman–Crippen MR) is 72.7 cm³/mol. The Balaban J connectivity index is 2.13. The fraction of sp³-hybridized carbons (Fsp3) is 0.214. The molecular weight excluding hydrogens is 267 g/mol. The molecule has 0 aliphatic carbocycles. The van der Waals surface area contributed by atoms with Crippen molar-refractivity contribution >= 4 is 11.6 Å². The van der Waals surface area contributed by atoms with Crippen LogP contribution in [-0.4, -0.2) is 11.5 Å². The van der Waals surface area contributed by atoms with Gasteiger partial charge in [0.1, 0.15) is 18.2 Å². The van der Waals surface area contributed by atoms with Gasteiger partial charge in [-0.2, -0.15) is 0 Å². The first-order valence-corrected chi connectivity index (χ1v) is 6.28. The molecule has 2 N–H and O–H groups in total. The van der Waals surface area contributed by atoms with Crippen molar-refractivity contribution in [2.24, 2.45) is 5.73 Å². The maximum absolute atomic E-state index is 13.0. The van der Waals surface area contributed by atoms with Crippen LogP contribution in [-0.2, 0) is 13.0 Å². The molecule has 2 rings (SSSR count). The zero-order valence-electron chi connectivity index (χ0n) is 10.3. The van der Waals surface area contributed by atoms with Gasteiger partial charge in [0, 0.05) is 22.3 Å². The van der Waals surface area contributed by atoms with Crippen molar-refractivity contribution in [2.75, 3.05) is 6.54 Å². The summed E-state index contributed by atoms with van der Waals surface area (Å²) in [5, 5.41) is 0.625. The van der Waals surface area contributed by atoms with Gasteiger partial charge in [0.25, 0.3) is 0 Å². The van der Waals surface area contributed by atoms with Gasteiger partial charge in [-0.15, -0.1) is 0 Å². The molecule has 0 radical (unpaired) electrons. The number of rotatable bonds is 5. The molecule has 0 bridgehead atoms. The Hall–Kier alpha value is -1.65. The summed E-state index contributed by atoms with van der Waals surface area (Å²) in [5.41, 5.74) is 7.09. The molecular formula is C14H14ClFN2O. The molecule has 0 aliphatic heterocycles. The molecule has 0 unspecified atom stereocenters. The molecule has 0 saturated heterocycles. The van der Waals surface area contributed by atoms with Crippen LogP contribution in [0.2, 0.25) is 5.02 Å². The molecule has 3 nitrogen and oxygen atoms in total. The van der Waals surface area contributed by atoms with Crippen LogP contribution < -0.4 is 10.5 Å². The molecule has 5 heteroatoms. The largest absolute Gasteiger partial charge is 0.489 e. The number of hydrogen-bond acceptors (Lipinski definition) is 3. The maximum Gasteiger partial charge on any atom is 0.141 e. The van der Waals surface area contributed by atoms with E-state index < -0.39 is 0 Å². The van der Waals surface area contributed by atoms with Crippen LogP contribution in [0.3, 0.4) is 0 Å². The van der Waals surface area contributed by atoms with E-state index in [1.807, 2.05) is 12.1 Å². The van der Waals surface area contributed by atoms with Gasteiger partial charge in [0.05, 0.1) is 6.20 Å². The van der Waals surface area contributed by atoms with Gasteiger partial charge < -0.3 is 10.5 Å². The monoisotopic (exact) mass is 280 g/mol. The number of nitrogens with two attached hydrogens (primary N) is 1. The number of ether oxygens (including phenoxy) is 1. The number of benzene rings is 1. The summed E-state index contributed by atoms with van der Waals surface area (Å²) in [6.45, 7) is 0.726. The van der Waals surface area contributed by atoms with Crippen LogP contribution in [0.4, 0.5) is 4.39 Å². The van der Waals surface area contributed by atoms with Crippen LogP contribution >= 0.6 is 11.6 Å². The third-order valence-corrected chi connectivity index (χ3v) is 2.98. The van der Waals surface area contributed by atoms with Crippen molar-refractivity contribution in [3.63, 3.8) is 0 Å². The molecule has 0 atom stereocenters. The van der Waals surface area contributed by atoms with Crippen molar-refractivity contribution in [3.05, 3.63) is 58.6 Å². The van der Waals surface area contributed by atoms with Gasteiger partial charge in [-0.1, -0.05) is 17.7 Å². The minimum Gasteiger partial charge on any atom is -0.489 e. The lowest BCUT2D eigenvalue weighted by Gasteiger charge is -2.12. The Morgan fingerprint density at radius 2 is 2.16 bits per heavy atom. The Kier molecular flexibility index (Phi) is 4.71. The van der Waals surface area contributed by atoms with E-state index in [9.17, 15) is 4.39 Å². The second-order valence-corrected chi connectivity index (χ2v) is 4.46. The summed E-state index contributed by atoms with van der Waals surface area (Å²) >= 11 is 6.11. The molecule has 0 fully saturated rings. The predicted octanol–water partition coefficient (Wildman–Crippen LogP) is 2.95. The van der Waals surface area contributed by atoms with Gasteiger partial charge in [0.15, 0.2) is 0 Å². The van der Waals surface area contributed by atoms with E-state index in [0.29, 0.717) is 29.3 Å². The first kappa shape index (κ1) is 13.8. The minimum atomic E-state index is -0.380. The van der Waals surface area contributed by atoms with E-state index in [-0.39, 0.29) is 12.4 Å². The summed E-state index contributed by atoms with van der Waals surface area (Å²) in [4.78, 5) is 3.77. The topological polar surface area (TPSA) is 48.1 Å². The van der Waals surface area contributed by atoms with Crippen molar-refractivity contribution in [2.45, 2.75) is 13.0 Å². The standard InChI is InChI=1S/C14H14ClFN2O/c15-13-2-1-3-14(12(13)4-5-17)19-9-10-6-11(16)8-18-7-10/h1-3,6-8H,4-5,9,17H2. The van der Waals surface area contributed by atoms with E-state index in [1.165, 1.54) is 6.07 Å². The normalized spacial score (nSPS) is 10.5. The van der Waals surface area contributed by atoms with Gasteiger partial charge >= 0.3 is 0 Å². The third-order valence-electron chi connectivity index (χ3n) is 2.63. The lowest BCUT2D eigenvalue weighted by molar-refractivity contribution is 0.302. The van der Waals surface area contributed by atoms with Crippen LogP contribution in [0.5, 0.6) is 5.75 Å². The van der Waals surface area contributed by atoms with Crippen LogP contribution in [0.1, 0.15) is 11.1 Å². The van der Waals surface area contributed by atoms with Crippen molar-refractivity contribution in [3.8, 4) is 5.75 Å². The number of aromatic nitrogens is 1. The van der Waals surface area contributed by atoms with Gasteiger partial charge in [-0.05, 0) is 31.2 Å². The highest BCUT2D eigenvalue weighted by Crippen LogP contribution is 2.27. The Morgan fingerprint density at radius 3 is 2.89 bits per heavy atom. The molecule has 1 aromatic heterocycles. The molecule has 100 valence electrons. The number of nitrogens with zero attached hydrogens (tertiary/aromatic N) is 1. The van der Waals surface area contributed by atoms with Crippen molar-refractivity contribution in [1.29, 1.82) is 0 Å². The van der Waals surface area contributed by atoms with Crippen molar-refractivity contribution < 1.29 is 9.13 Å². The summed E-state index contributed by atoms with van der Waals surface area (Å²) < 4.78 is 18.7. The Bertz CT molecular complexity index is 563. The first-order chi connectivity index (χ1) is 9.20. The van der Waals surface area contributed by atoms with E-state index in [1.54, 1.807) is 12.3 Å². The zero-order chi connectivity index (χ0) is 13.7. The average molecular weight is 281 g/mol. The second kappa shape index (κ2) is 6.50. The molecule has 2 aromatic rings. The fourth-order valence-electron chi connectivity index (χ4n) is 1.76. The molecule has 0 amide bonds. The summed E-state index contributed by atoms with van der Waals surface area (Å²) in [6.07, 6.45) is 3.36. The highest BCUT2D eigenvalue weighted by Gasteiger charge is 2.08. The smallest absolute Gasteiger partial charge is 0.141 e. The lowest BCUT2D eigenvalue weighted by atomic mass is 10.1. The van der Waals surface area contributed by atoms with Gasteiger partial charge in [-0.25, -0.2) is 4.39 Å². The highest BCUT2D eigenvalue weighted by atomic mass is 35.5. The van der Waals surface area contributed by atoms with Gasteiger partial charge in [-0.3, -0.25) is 4.98 Å². The summed E-state index contributed by atoms with van der Waals surface area (Å²) in [7, 11) is 0. The van der Waals surface area contributed by atoms with E-state index in [0.717, 1.165) is 11.8 Å². The van der Waals surface area contributed by atoms with Crippen LogP contribution in [0, 0.1) is 5.82 Å². The Morgan fingerprint density at radius 1 is 1.32 bits per heavy atom. The number of hydrogen-bond donors (Lipinski definition) is 1. The van der Waals surface area contributed by atoms with E-state index in [2.05, 4.69) is 4.98 Å². The maximum atomic E-state index is 13.0. The second-order valence-electron chi connectivity index (χ2n) is 4.06. The highest BCUT2D eigenvalue weighted by molar-refractivity contribution is 6.31. The average Bonchev–Trinajstić information content (AvgIpc) is 2.40. The zero-order valence-corrected chi connectivity index (χ0v) is 11.0. The number of halogens is 2. The van der Waals surface area contributed by atoms with E-state index in [4.69, 9.17) is 22.1 Å². The first-order valence-electron chi connectivity index (χ1n) is 5.90. The quantitative estimate of drug-likeness (QED) is 0.916. The molecule has 0 spiro atoms. The molecule has 0 saturated carbocycles. The number of pyridine rings is 1. The van der Waals surface area contributed by atoms with E-state index >= 15 is 0 Å². The van der Waals surface area contributed by atoms with Gasteiger partial charge in [0.2, 0.25) is 0 Å². The van der Waals surface area contributed by atoms with Crippen LogP contribution in [0.15, 0.2) is 36.7 Å². The summed E-state index contributed by atoms with van der Waals surface area (Å²) in [6, 6.07) is 6.81. The third kappa shape index (κ3) is 3.66. The van der Waals surface area contributed by atoms with Crippen molar-refractivity contribution in [1.82, 2.24) is 4.98 Å². The SMILES string of the molecule is NCCc1c(Cl)cccc1OCc1cncc(F)c1. The lowest BCUT2D eigenvalue weighted by Crippen LogP contribution is -2.06. The molecule has 19 heavy (non-hydrogen) atoms. The molecule has 1 heterocycles. The van der Waals surface area contributed by atoms with Crippen LogP contribution in [0.25, 0.3) is 0 Å². The molecule has 1 aromatic carbocycles. The minimum absolute atomic E-state index is 0.239.